The molecule has 0 aliphatic carbocycles. The van der Waals surface area contributed by atoms with Gasteiger partial charge in [-0.25, -0.2) is 9.69 Å². The molecule has 0 aromatic heterocycles. The van der Waals surface area contributed by atoms with E-state index in [1.54, 1.807) is 6.92 Å². The second kappa shape index (κ2) is 7.30. The lowest BCUT2D eigenvalue weighted by Gasteiger charge is -2.29. The molecule has 1 aliphatic heterocycles. The number of hydrogen-bond acceptors (Lipinski definition) is 4. The quantitative estimate of drug-likeness (QED) is 0.812. The molecule has 2 aromatic rings. The largest absolute Gasteiger partial charge is 0.440 e. The van der Waals surface area contributed by atoms with Crippen LogP contribution in [0.4, 0.5) is 4.79 Å². The Morgan fingerprint density at radius 1 is 1.12 bits per heavy atom. The maximum absolute atomic E-state index is 12.9. The van der Waals surface area contributed by atoms with Crippen LogP contribution in [0.2, 0.25) is 0 Å². The van der Waals surface area contributed by atoms with Crippen molar-refractivity contribution in [3.05, 3.63) is 71.8 Å². The maximum Gasteiger partial charge on any atom is 0.417 e. The van der Waals surface area contributed by atoms with Crippen LogP contribution < -0.4 is 0 Å². The van der Waals surface area contributed by atoms with E-state index in [-0.39, 0.29) is 0 Å². The van der Waals surface area contributed by atoms with Gasteiger partial charge < -0.3 is 9.47 Å². The summed E-state index contributed by atoms with van der Waals surface area (Å²) < 4.78 is 11.2. The molecular formula is C21H23NO4. The fourth-order valence-electron chi connectivity index (χ4n) is 3.21. The number of hydrogen-bond donors (Lipinski definition) is 0. The summed E-state index contributed by atoms with van der Waals surface area (Å²) in [4.78, 5) is 26.6. The predicted molar refractivity (Wildman–Crippen MR) is 97.3 cm³/mol. The van der Waals surface area contributed by atoms with Crippen molar-refractivity contribution >= 4 is 12.0 Å². The van der Waals surface area contributed by atoms with Crippen molar-refractivity contribution in [1.29, 1.82) is 0 Å². The molecule has 0 saturated carbocycles. The van der Waals surface area contributed by atoms with Crippen LogP contribution in [0, 0.1) is 0 Å². The molecule has 2 aromatic carbocycles. The molecule has 0 radical (unpaired) electrons. The normalized spacial score (nSPS) is 19.9. The van der Waals surface area contributed by atoms with E-state index in [4.69, 9.17) is 9.47 Å². The molecule has 136 valence electrons. The van der Waals surface area contributed by atoms with Crippen molar-refractivity contribution in [2.24, 2.45) is 0 Å². The average Bonchev–Trinajstić information content (AvgIpc) is 2.89. The number of benzene rings is 2. The second-order valence-electron chi connectivity index (χ2n) is 6.93. The molecule has 2 amide bonds. The molecule has 1 fully saturated rings. The topological polar surface area (TPSA) is 55.8 Å². The van der Waals surface area contributed by atoms with Crippen molar-refractivity contribution < 1.29 is 19.1 Å². The summed E-state index contributed by atoms with van der Waals surface area (Å²) in [6.07, 6.45) is -1.40. The summed E-state index contributed by atoms with van der Waals surface area (Å²) in [5.41, 5.74) is 1.01. The highest BCUT2D eigenvalue weighted by Gasteiger charge is 2.52. The molecule has 0 N–H and O–H groups in total. The standard InChI is InChI=1S/C21H23NO4/c1-15(25-14-16-10-6-4-7-11-16)19(23)22-18(17-12-8-5-9-13-17)21(2,3)26-20(22)24/h4-13,15,18H,14H2,1-3H3/t15?,18-/m0/s1. The smallest absolute Gasteiger partial charge is 0.417 e. The minimum atomic E-state index is -0.812. The van der Waals surface area contributed by atoms with Gasteiger partial charge in [0, 0.05) is 0 Å². The van der Waals surface area contributed by atoms with Gasteiger partial charge in [0.25, 0.3) is 5.91 Å². The van der Waals surface area contributed by atoms with Crippen molar-refractivity contribution in [2.45, 2.75) is 45.1 Å². The van der Waals surface area contributed by atoms with E-state index >= 15 is 0 Å². The van der Waals surface area contributed by atoms with Crippen molar-refractivity contribution in [1.82, 2.24) is 4.90 Å². The molecular weight excluding hydrogens is 330 g/mol. The van der Waals surface area contributed by atoms with E-state index in [1.165, 1.54) is 4.90 Å². The van der Waals surface area contributed by atoms with Crippen molar-refractivity contribution in [3.8, 4) is 0 Å². The first-order chi connectivity index (χ1) is 12.4. The molecule has 1 aliphatic rings. The first kappa shape index (κ1) is 18.1. The Kier molecular flexibility index (Phi) is 5.09. The van der Waals surface area contributed by atoms with E-state index in [1.807, 2.05) is 74.5 Å². The minimum Gasteiger partial charge on any atom is -0.440 e. The van der Waals surface area contributed by atoms with Gasteiger partial charge in [-0.3, -0.25) is 4.79 Å². The van der Waals surface area contributed by atoms with Crippen LogP contribution in [0.15, 0.2) is 60.7 Å². The number of nitrogens with zero attached hydrogens (tertiary/aromatic N) is 1. The third-order valence-corrected chi connectivity index (χ3v) is 4.51. The first-order valence-electron chi connectivity index (χ1n) is 8.66. The van der Waals surface area contributed by atoms with Gasteiger partial charge in [0.15, 0.2) is 0 Å². The Labute approximate surface area is 153 Å². The number of rotatable bonds is 5. The minimum absolute atomic E-state index is 0.302. The van der Waals surface area contributed by atoms with Gasteiger partial charge >= 0.3 is 6.09 Å². The molecule has 0 spiro atoms. The lowest BCUT2D eigenvalue weighted by atomic mass is 9.91. The fraction of sp³-hybridized carbons (Fsp3) is 0.333. The lowest BCUT2D eigenvalue weighted by Crippen LogP contribution is -2.43. The molecule has 5 heteroatoms. The zero-order valence-electron chi connectivity index (χ0n) is 15.2. The predicted octanol–water partition coefficient (Wildman–Crippen LogP) is 4.09. The number of cyclic esters (lactones) is 1. The van der Waals surface area contributed by atoms with Crippen LogP contribution in [0.1, 0.15) is 37.9 Å². The van der Waals surface area contributed by atoms with E-state index in [0.717, 1.165) is 11.1 Å². The average molecular weight is 353 g/mol. The van der Waals surface area contributed by atoms with E-state index < -0.39 is 29.7 Å². The molecule has 1 unspecified atom stereocenters. The monoisotopic (exact) mass is 353 g/mol. The van der Waals surface area contributed by atoms with Crippen LogP contribution in [-0.2, 0) is 20.9 Å². The molecule has 0 bridgehead atoms. The fourth-order valence-corrected chi connectivity index (χ4v) is 3.21. The highest BCUT2D eigenvalue weighted by atomic mass is 16.6. The molecule has 1 heterocycles. The Balaban J connectivity index is 1.78. The van der Waals surface area contributed by atoms with Gasteiger partial charge in [-0.05, 0) is 31.9 Å². The van der Waals surface area contributed by atoms with Gasteiger partial charge in [-0.2, -0.15) is 0 Å². The molecule has 2 atom stereocenters. The SMILES string of the molecule is CC(OCc1ccccc1)C(=O)N1C(=O)OC(C)(C)[C@@H]1c1ccccc1. The number of ether oxygens (including phenoxy) is 2. The van der Waals surface area contributed by atoms with Gasteiger partial charge in [0.1, 0.15) is 17.7 Å². The molecule has 1 saturated heterocycles. The second-order valence-corrected chi connectivity index (χ2v) is 6.93. The number of carbonyl (C=O) groups is 2. The summed E-state index contributed by atoms with van der Waals surface area (Å²) in [6.45, 7) is 5.58. The molecule has 26 heavy (non-hydrogen) atoms. The Morgan fingerprint density at radius 2 is 1.69 bits per heavy atom. The third-order valence-electron chi connectivity index (χ3n) is 4.51. The Morgan fingerprint density at radius 3 is 2.31 bits per heavy atom. The van der Waals surface area contributed by atoms with Crippen LogP contribution in [-0.4, -0.2) is 28.6 Å². The van der Waals surface area contributed by atoms with E-state index in [2.05, 4.69) is 0 Å². The number of imide groups is 1. The summed E-state index contributed by atoms with van der Waals surface area (Å²) >= 11 is 0. The number of carbonyl (C=O) groups excluding carboxylic acids is 2. The summed E-state index contributed by atoms with van der Waals surface area (Å²) in [5.74, 6) is -0.398. The first-order valence-corrected chi connectivity index (χ1v) is 8.66. The molecule has 3 rings (SSSR count). The zero-order valence-corrected chi connectivity index (χ0v) is 15.2. The van der Waals surface area contributed by atoms with Crippen LogP contribution in [0.5, 0.6) is 0 Å². The van der Waals surface area contributed by atoms with Gasteiger partial charge in [0.05, 0.1) is 6.61 Å². The maximum atomic E-state index is 12.9. The molecule has 5 nitrogen and oxygen atoms in total. The zero-order chi connectivity index (χ0) is 18.7. The van der Waals surface area contributed by atoms with Gasteiger partial charge in [-0.15, -0.1) is 0 Å². The van der Waals surface area contributed by atoms with Crippen molar-refractivity contribution in [2.75, 3.05) is 0 Å². The van der Waals surface area contributed by atoms with E-state index in [9.17, 15) is 9.59 Å². The summed E-state index contributed by atoms with van der Waals surface area (Å²) in [5, 5.41) is 0. The lowest BCUT2D eigenvalue weighted by molar-refractivity contribution is -0.141. The Hall–Kier alpha value is -2.66. The Bertz CT molecular complexity index is 773. The third kappa shape index (κ3) is 3.63. The van der Waals surface area contributed by atoms with Gasteiger partial charge in [-0.1, -0.05) is 60.7 Å². The van der Waals surface area contributed by atoms with Crippen LogP contribution in [0.25, 0.3) is 0 Å². The highest BCUT2D eigenvalue weighted by Crippen LogP contribution is 2.41. The number of amides is 2. The highest BCUT2D eigenvalue weighted by molar-refractivity contribution is 5.96. The van der Waals surface area contributed by atoms with Crippen LogP contribution in [0.3, 0.4) is 0 Å². The van der Waals surface area contributed by atoms with Crippen LogP contribution >= 0.6 is 0 Å². The van der Waals surface area contributed by atoms with Gasteiger partial charge in [0.2, 0.25) is 0 Å². The van der Waals surface area contributed by atoms with Crippen molar-refractivity contribution in [3.63, 3.8) is 0 Å². The van der Waals surface area contributed by atoms with E-state index in [0.29, 0.717) is 6.61 Å². The summed E-state index contributed by atoms with van der Waals surface area (Å²) in [7, 11) is 0. The summed E-state index contributed by atoms with van der Waals surface area (Å²) in [6, 6.07) is 18.6.